The molecule has 3 rings (SSSR count). The normalized spacial score (nSPS) is 10.1. The first kappa shape index (κ1) is 19.4. The van der Waals surface area contributed by atoms with Gasteiger partial charge in [0.25, 0.3) is 0 Å². The number of halogens is 2. The molecule has 3 aromatic carbocycles. The maximum atomic E-state index is 13.8. The number of hydrogen-bond donors (Lipinski definition) is 0. The van der Waals surface area contributed by atoms with Crippen LogP contribution in [0.15, 0.2) is 60.7 Å². The Hall–Kier alpha value is -0.875. The molecule has 24 heavy (non-hydrogen) atoms. The minimum Gasteiger partial charge on any atom is -0.489 e. The number of hydrogen-bond acceptors (Lipinski definition) is 1. The summed E-state index contributed by atoms with van der Waals surface area (Å²) in [5.74, 6) is -1.18. The van der Waals surface area contributed by atoms with Gasteiger partial charge >= 0.3 is 58.2 Å². The molecule has 0 radical (unpaired) electrons. The van der Waals surface area contributed by atoms with E-state index in [1.54, 1.807) is 24.3 Å². The molecule has 3 aromatic rings. The fraction of sp³-hybridized carbons (Fsp3) is 0.100. The molecule has 0 fully saturated rings. The smallest absolute Gasteiger partial charge is 0.489 e. The van der Waals surface area contributed by atoms with Crippen LogP contribution in [0, 0.1) is 24.6 Å². The van der Waals surface area contributed by atoms with E-state index in [2.05, 4.69) is 6.07 Å². The number of aryl methyl sites for hydroxylation is 1. The average molecular weight is 395 g/mol. The Kier molecular flexibility index (Phi) is 7.29. The van der Waals surface area contributed by atoms with Gasteiger partial charge in [-0.05, 0) is 30.2 Å². The zero-order valence-corrected chi connectivity index (χ0v) is 18.6. The summed E-state index contributed by atoms with van der Waals surface area (Å²) in [4.78, 5) is 0. The van der Waals surface area contributed by atoms with Crippen molar-refractivity contribution in [3.05, 3.63) is 89.5 Å². The first-order valence-electron chi connectivity index (χ1n) is 7.28. The van der Waals surface area contributed by atoms with Gasteiger partial charge in [0.15, 0.2) is 0 Å². The van der Waals surface area contributed by atoms with Gasteiger partial charge in [0, 0.05) is 5.82 Å². The molecule has 0 spiro atoms. The van der Waals surface area contributed by atoms with Gasteiger partial charge in [-0.25, -0.2) is 4.39 Å². The van der Waals surface area contributed by atoms with Crippen LogP contribution in [0.1, 0.15) is 11.1 Å². The van der Waals surface area contributed by atoms with Crippen LogP contribution in [0.2, 0.25) is 0 Å². The van der Waals surface area contributed by atoms with E-state index >= 15 is 0 Å². The Balaban J connectivity index is 0.00000208. The second-order valence-electron chi connectivity index (χ2n) is 5.32. The third-order valence-electron chi connectivity index (χ3n) is 3.58. The molecular formula is C20H15F2ORb. The maximum absolute atomic E-state index is 13.8. The van der Waals surface area contributed by atoms with Crippen LogP contribution in [0.4, 0.5) is 8.78 Å². The van der Waals surface area contributed by atoms with Crippen molar-refractivity contribution in [1.29, 1.82) is 0 Å². The molecule has 0 aliphatic heterocycles. The third-order valence-corrected chi connectivity index (χ3v) is 3.58. The van der Waals surface area contributed by atoms with E-state index in [9.17, 15) is 8.78 Å². The Morgan fingerprint density at radius 3 is 2.25 bits per heavy atom. The van der Waals surface area contributed by atoms with E-state index in [0.717, 1.165) is 5.56 Å². The van der Waals surface area contributed by atoms with Crippen LogP contribution in [0.25, 0.3) is 11.1 Å². The summed E-state index contributed by atoms with van der Waals surface area (Å²) in [6.45, 7) is 2.50. The summed E-state index contributed by atoms with van der Waals surface area (Å²) in [6.07, 6.45) is 0. The zero-order valence-electron chi connectivity index (χ0n) is 13.6. The first-order chi connectivity index (χ1) is 11.1. The standard InChI is InChI=1S/C20H15F2O.Rb/c1-14-5-7-15(8-6-14)13-23-17-11-9-16(10-12-17)18-3-2-4-19(21)20(18)22;/h2-3,5-12H,13H2,1H3;/q-1;+1. The second-order valence-corrected chi connectivity index (χ2v) is 5.32. The van der Waals surface area contributed by atoms with Crippen LogP contribution < -0.4 is 62.9 Å². The van der Waals surface area contributed by atoms with Gasteiger partial charge in [-0.15, -0.1) is 6.07 Å². The van der Waals surface area contributed by atoms with Crippen molar-refractivity contribution < 1.29 is 71.7 Å². The van der Waals surface area contributed by atoms with Crippen molar-refractivity contribution in [1.82, 2.24) is 0 Å². The second kappa shape index (κ2) is 9.00. The van der Waals surface area contributed by atoms with E-state index in [1.165, 1.54) is 17.7 Å². The predicted molar refractivity (Wildman–Crippen MR) is 86.1 cm³/mol. The van der Waals surface area contributed by atoms with Gasteiger partial charge < -0.3 is 4.74 Å². The van der Waals surface area contributed by atoms with Crippen molar-refractivity contribution in [2.45, 2.75) is 13.5 Å². The first-order valence-corrected chi connectivity index (χ1v) is 7.28. The molecule has 0 saturated carbocycles. The Labute approximate surface area is 189 Å². The van der Waals surface area contributed by atoms with Gasteiger partial charge in [0.2, 0.25) is 0 Å². The van der Waals surface area contributed by atoms with E-state index < -0.39 is 11.6 Å². The van der Waals surface area contributed by atoms with E-state index in [4.69, 9.17) is 4.74 Å². The molecule has 1 nitrogen and oxygen atoms in total. The minimum atomic E-state index is -0.970. The van der Waals surface area contributed by atoms with Crippen molar-refractivity contribution >= 4 is 0 Å². The molecule has 0 heterocycles. The third kappa shape index (κ3) is 4.82. The van der Waals surface area contributed by atoms with Gasteiger partial charge in [-0.3, -0.25) is 4.39 Å². The van der Waals surface area contributed by atoms with E-state index in [-0.39, 0.29) is 63.8 Å². The van der Waals surface area contributed by atoms with Gasteiger partial charge in [0.05, 0.1) is 5.82 Å². The Morgan fingerprint density at radius 1 is 0.917 bits per heavy atom. The molecule has 116 valence electrons. The van der Waals surface area contributed by atoms with Crippen molar-refractivity contribution in [2.24, 2.45) is 0 Å². The zero-order chi connectivity index (χ0) is 16.2. The Bertz CT molecular complexity index is 799. The summed E-state index contributed by atoms with van der Waals surface area (Å²) >= 11 is 0. The minimum absolute atomic E-state index is 0. The van der Waals surface area contributed by atoms with E-state index in [0.29, 0.717) is 17.9 Å². The quantitative estimate of drug-likeness (QED) is 0.617. The predicted octanol–water partition coefficient (Wildman–Crippen LogP) is 2.32. The fourth-order valence-electron chi connectivity index (χ4n) is 2.26. The number of benzene rings is 3. The molecule has 0 unspecified atom stereocenters. The monoisotopic (exact) mass is 394 g/mol. The largest absolute Gasteiger partial charge is 1.00 e. The molecular weight excluding hydrogens is 380 g/mol. The van der Waals surface area contributed by atoms with Crippen molar-refractivity contribution in [2.75, 3.05) is 0 Å². The van der Waals surface area contributed by atoms with Crippen molar-refractivity contribution in [3.8, 4) is 16.9 Å². The SMILES string of the molecule is Cc1ccc(COc2ccc(-c3cc[c-]c(F)c3F)cc2)cc1.[Rb+]. The van der Waals surface area contributed by atoms with E-state index in [1.807, 2.05) is 31.2 Å². The van der Waals surface area contributed by atoms with Gasteiger partial charge in [-0.2, -0.15) is 12.1 Å². The number of rotatable bonds is 4. The molecule has 0 saturated heterocycles. The Morgan fingerprint density at radius 2 is 1.58 bits per heavy atom. The summed E-state index contributed by atoms with van der Waals surface area (Å²) in [5, 5.41) is 0. The molecule has 0 amide bonds. The van der Waals surface area contributed by atoms with Crippen LogP contribution in [0.5, 0.6) is 5.75 Å². The summed E-state index contributed by atoms with van der Waals surface area (Å²) in [7, 11) is 0. The van der Waals surface area contributed by atoms with Crippen LogP contribution in [-0.4, -0.2) is 0 Å². The molecule has 0 aromatic heterocycles. The molecule has 0 aliphatic carbocycles. The molecule has 0 aliphatic rings. The fourth-order valence-corrected chi connectivity index (χ4v) is 2.26. The maximum Gasteiger partial charge on any atom is 1.00 e. The average Bonchev–Trinajstić information content (AvgIpc) is 2.57. The topological polar surface area (TPSA) is 9.23 Å². The van der Waals surface area contributed by atoms with Gasteiger partial charge in [0.1, 0.15) is 12.4 Å². The van der Waals surface area contributed by atoms with Crippen molar-refractivity contribution in [3.63, 3.8) is 0 Å². The molecule has 0 N–H and O–H groups in total. The molecule has 4 heteroatoms. The molecule has 0 bridgehead atoms. The summed E-state index contributed by atoms with van der Waals surface area (Å²) < 4.78 is 32.7. The summed E-state index contributed by atoms with van der Waals surface area (Å²) in [5.41, 5.74) is 3.09. The summed E-state index contributed by atoms with van der Waals surface area (Å²) in [6, 6.07) is 20.1. The van der Waals surface area contributed by atoms with Crippen LogP contribution in [0.3, 0.4) is 0 Å². The van der Waals surface area contributed by atoms with Crippen LogP contribution >= 0.6 is 0 Å². The van der Waals surface area contributed by atoms with Gasteiger partial charge in [-0.1, -0.05) is 47.5 Å². The molecule has 0 atom stereocenters. The number of ether oxygens (including phenoxy) is 1. The van der Waals surface area contributed by atoms with Crippen LogP contribution in [-0.2, 0) is 6.61 Å².